The highest BCUT2D eigenvalue weighted by molar-refractivity contribution is 5.97. The minimum atomic E-state index is -0.641. The molecule has 1 aromatic heterocycles. The van der Waals surface area contributed by atoms with Gasteiger partial charge in [-0.2, -0.15) is 0 Å². The van der Waals surface area contributed by atoms with Gasteiger partial charge in [0.1, 0.15) is 11.5 Å². The molecule has 2 heterocycles. The Morgan fingerprint density at radius 3 is 2.44 bits per heavy atom. The molecule has 2 atom stereocenters. The van der Waals surface area contributed by atoms with Gasteiger partial charge in [0.25, 0.3) is 5.91 Å². The number of piperidine rings is 1. The molecule has 0 aliphatic carbocycles. The molecule has 3 amide bonds. The van der Waals surface area contributed by atoms with Crippen molar-refractivity contribution in [1.82, 2.24) is 10.2 Å². The summed E-state index contributed by atoms with van der Waals surface area (Å²) in [6.07, 6.45) is 1.30. The zero-order valence-corrected chi connectivity index (χ0v) is 21.5. The minimum Gasteiger partial charge on any atom is -0.464 e. The van der Waals surface area contributed by atoms with Crippen LogP contribution in [0.15, 0.2) is 102 Å². The van der Waals surface area contributed by atoms with E-state index in [0.29, 0.717) is 29.2 Å². The van der Waals surface area contributed by atoms with E-state index in [-0.39, 0.29) is 24.9 Å². The van der Waals surface area contributed by atoms with Crippen molar-refractivity contribution in [3.8, 4) is 17.1 Å². The van der Waals surface area contributed by atoms with Crippen LogP contribution in [-0.4, -0.2) is 41.9 Å². The lowest BCUT2D eigenvalue weighted by atomic mass is 9.92. The molecule has 198 valence electrons. The second kappa shape index (κ2) is 11.7. The van der Waals surface area contributed by atoms with Gasteiger partial charge in [0.15, 0.2) is 0 Å². The third-order valence-electron chi connectivity index (χ3n) is 6.62. The number of amides is 3. The number of ether oxygens (including phenoxy) is 1. The number of aryl methyl sites for hydroxylation is 1. The first kappa shape index (κ1) is 25.8. The summed E-state index contributed by atoms with van der Waals surface area (Å²) in [5, 5.41) is 5.79. The standard InChI is InChI=1S/C31H29N3O5/c1-21-12-14-25(15-13-21)32-29(35)24-18-26(33-31(37)39-27-9-3-2-4-10-27)20-34(19-24)30(36)23-8-5-7-22(17-23)28-11-6-16-38-28/h2-17,24,26H,18-20H2,1H3,(H,32,35)(H,33,37). The second-order valence-corrected chi connectivity index (χ2v) is 9.60. The Kier molecular flexibility index (Phi) is 7.73. The molecular formula is C31H29N3O5. The number of hydrogen-bond donors (Lipinski definition) is 2. The summed E-state index contributed by atoms with van der Waals surface area (Å²) in [5.41, 5.74) is 3.00. The normalized spacial score (nSPS) is 16.8. The highest BCUT2D eigenvalue weighted by Gasteiger charge is 2.35. The van der Waals surface area contributed by atoms with Gasteiger partial charge in [0.05, 0.1) is 18.2 Å². The lowest BCUT2D eigenvalue weighted by Crippen LogP contribution is -2.55. The van der Waals surface area contributed by atoms with E-state index in [0.717, 1.165) is 11.1 Å². The van der Waals surface area contributed by atoms with Gasteiger partial charge in [-0.1, -0.05) is 48.0 Å². The fraction of sp³-hybridized carbons (Fsp3) is 0.194. The van der Waals surface area contributed by atoms with Gasteiger partial charge in [0.2, 0.25) is 5.91 Å². The predicted molar refractivity (Wildman–Crippen MR) is 147 cm³/mol. The number of carbonyl (C=O) groups is 3. The van der Waals surface area contributed by atoms with Crippen molar-refractivity contribution in [2.45, 2.75) is 19.4 Å². The summed E-state index contributed by atoms with van der Waals surface area (Å²) in [7, 11) is 0. The molecule has 1 saturated heterocycles. The van der Waals surface area contributed by atoms with Gasteiger partial charge in [-0.15, -0.1) is 0 Å². The molecule has 3 aromatic carbocycles. The van der Waals surface area contributed by atoms with Crippen molar-refractivity contribution < 1.29 is 23.5 Å². The highest BCUT2D eigenvalue weighted by atomic mass is 16.6. The van der Waals surface area contributed by atoms with E-state index in [4.69, 9.17) is 9.15 Å². The van der Waals surface area contributed by atoms with Crippen molar-refractivity contribution in [2.75, 3.05) is 18.4 Å². The molecule has 4 aromatic rings. The molecule has 0 bridgehead atoms. The molecule has 8 nitrogen and oxygen atoms in total. The molecule has 1 aliphatic heterocycles. The number of benzene rings is 3. The van der Waals surface area contributed by atoms with Gasteiger partial charge in [-0.3, -0.25) is 9.59 Å². The Morgan fingerprint density at radius 1 is 0.897 bits per heavy atom. The van der Waals surface area contributed by atoms with Crippen LogP contribution < -0.4 is 15.4 Å². The van der Waals surface area contributed by atoms with Gasteiger partial charge in [-0.25, -0.2) is 4.79 Å². The van der Waals surface area contributed by atoms with Gasteiger partial charge >= 0.3 is 6.09 Å². The smallest absolute Gasteiger partial charge is 0.412 e. The van der Waals surface area contributed by atoms with Crippen molar-refractivity contribution in [1.29, 1.82) is 0 Å². The summed E-state index contributed by atoms with van der Waals surface area (Å²) >= 11 is 0. The molecule has 39 heavy (non-hydrogen) atoms. The quantitative estimate of drug-likeness (QED) is 0.347. The molecule has 8 heteroatoms. The van der Waals surface area contributed by atoms with Crippen molar-refractivity contribution >= 4 is 23.6 Å². The number of rotatable bonds is 6. The maximum atomic E-state index is 13.6. The predicted octanol–water partition coefficient (Wildman–Crippen LogP) is 5.51. The van der Waals surface area contributed by atoms with Crippen LogP contribution in [0.4, 0.5) is 10.5 Å². The highest BCUT2D eigenvalue weighted by Crippen LogP contribution is 2.25. The summed E-state index contributed by atoms with van der Waals surface area (Å²) in [4.78, 5) is 41.2. The second-order valence-electron chi connectivity index (χ2n) is 9.60. The maximum Gasteiger partial charge on any atom is 0.412 e. The van der Waals surface area contributed by atoms with Gasteiger partial charge < -0.3 is 24.7 Å². The van der Waals surface area contributed by atoms with Crippen LogP contribution in [0.5, 0.6) is 5.75 Å². The fourth-order valence-corrected chi connectivity index (χ4v) is 4.66. The number of nitrogens with zero attached hydrogens (tertiary/aromatic N) is 1. The zero-order chi connectivity index (χ0) is 27.2. The van der Waals surface area contributed by atoms with Crippen LogP contribution in [0.2, 0.25) is 0 Å². The number of likely N-dealkylation sites (tertiary alicyclic amines) is 1. The average Bonchev–Trinajstić information content (AvgIpc) is 3.49. The van der Waals surface area contributed by atoms with Crippen LogP contribution in [-0.2, 0) is 4.79 Å². The number of furan rings is 1. The Morgan fingerprint density at radius 2 is 1.69 bits per heavy atom. The van der Waals surface area contributed by atoms with E-state index in [2.05, 4.69) is 10.6 Å². The number of carbonyl (C=O) groups excluding carboxylic acids is 3. The average molecular weight is 524 g/mol. The van der Waals surface area contributed by atoms with Gasteiger partial charge in [-0.05, 0) is 61.9 Å². The third-order valence-corrected chi connectivity index (χ3v) is 6.62. The number of anilines is 1. The topological polar surface area (TPSA) is 101 Å². The number of para-hydroxylation sites is 1. The van der Waals surface area contributed by atoms with Gasteiger partial charge in [0, 0.05) is 29.9 Å². The first-order chi connectivity index (χ1) is 18.9. The third kappa shape index (κ3) is 6.54. The SMILES string of the molecule is Cc1ccc(NC(=O)C2CC(NC(=O)Oc3ccccc3)CN(C(=O)c3cccc(-c4ccco4)c3)C2)cc1. The molecule has 0 saturated carbocycles. The largest absolute Gasteiger partial charge is 0.464 e. The lowest BCUT2D eigenvalue weighted by molar-refractivity contribution is -0.121. The van der Waals surface area contributed by atoms with Crippen LogP contribution in [0.3, 0.4) is 0 Å². The Hall–Kier alpha value is -4.85. The van der Waals surface area contributed by atoms with E-state index in [1.165, 1.54) is 0 Å². The van der Waals surface area contributed by atoms with E-state index in [9.17, 15) is 14.4 Å². The van der Waals surface area contributed by atoms with E-state index < -0.39 is 18.1 Å². The lowest BCUT2D eigenvalue weighted by Gasteiger charge is -2.37. The summed E-state index contributed by atoms with van der Waals surface area (Å²) in [6, 6.07) is 26.5. The zero-order valence-electron chi connectivity index (χ0n) is 21.5. The molecule has 0 radical (unpaired) electrons. The minimum absolute atomic E-state index is 0.216. The molecule has 0 spiro atoms. The Labute approximate surface area is 226 Å². The summed E-state index contributed by atoms with van der Waals surface area (Å²) < 4.78 is 10.9. The molecule has 1 aliphatic rings. The van der Waals surface area contributed by atoms with E-state index in [1.807, 2.05) is 49.4 Å². The molecule has 2 unspecified atom stereocenters. The Balaban J connectivity index is 1.34. The van der Waals surface area contributed by atoms with Crippen LogP contribution in [0.1, 0.15) is 22.3 Å². The van der Waals surface area contributed by atoms with Crippen LogP contribution in [0, 0.1) is 12.8 Å². The molecule has 5 rings (SSSR count). The summed E-state index contributed by atoms with van der Waals surface area (Å²) in [6.45, 7) is 2.43. The first-order valence-electron chi connectivity index (χ1n) is 12.8. The molecule has 2 N–H and O–H groups in total. The van der Waals surface area contributed by atoms with Crippen molar-refractivity contribution in [3.05, 3.63) is 108 Å². The van der Waals surface area contributed by atoms with E-state index in [1.54, 1.807) is 59.7 Å². The molecule has 1 fully saturated rings. The fourth-order valence-electron chi connectivity index (χ4n) is 4.66. The number of hydrogen-bond acceptors (Lipinski definition) is 5. The van der Waals surface area contributed by atoms with Crippen LogP contribution >= 0.6 is 0 Å². The first-order valence-corrected chi connectivity index (χ1v) is 12.8. The Bertz CT molecular complexity index is 1430. The molecular weight excluding hydrogens is 494 g/mol. The monoisotopic (exact) mass is 523 g/mol. The summed E-state index contributed by atoms with van der Waals surface area (Å²) in [5.74, 6) is 0.0617. The maximum absolute atomic E-state index is 13.6. The number of nitrogens with one attached hydrogen (secondary N) is 2. The van der Waals surface area contributed by atoms with E-state index >= 15 is 0 Å². The van der Waals surface area contributed by atoms with Crippen molar-refractivity contribution in [3.63, 3.8) is 0 Å². The van der Waals surface area contributed by atoms with Crippen LogP contribution in [0.25, 0.3) is 11.3 Å². The van der Waals surface area contributed by atoms with Crippen molar-refractivity contribution in [2.24, 2.45) is 5.92 Å².